The minimum absolute atomic E-state index is 0.310. The van der Waals surface area contributed by atoms with Crippen molar-refractivity contribution >= 4 is 23.1 Å². The number of ether oxygens (including phenoxy) is 1. The van der Waals surface area contributed by atoms with Crippen LogP contribution in [0.5, 0.6) is 5.75 Å². The minimum Gasteiger partial charge on any atom is -0.458 e. The van der Waals surface area contributed by atoms with Crippen molar-refractivity contribution in [2.24, 2.45) is 0 Å². The zero-order chi connectivity index (χ0) is 17.5. The van der Waals surface area contributed by atoms with Gasteiger partial charge < -0.3 is 20.7 Å². The number of aryl methyl sites for hydroxylation is 1. The average Bonchev–Trinajstić information content (AvgIpc) is 2.58. The molecule has 2 amide bonds. The second kappa shape index (κ2) is 7.87. The molecule has 124 valence electrons. The van der Waals surface area contributed by atoms with Crippen LogP contribution in [0.25, 0.3) is 0 Å². The molecule has 3 N–H and O–H groups in total. The lowest BCUT2D eigenvalue weighted by Crippen LogP contribution is -2.20. The van der Waals surface area contributed by atoms with Crippen LogP contribution in [-0.4, -0.2) is 13.1 Å². The Morgan fingerprint density at radius 1 is 1.08 bits per heavy atom. The Kier molecular flexibility index (Phi) is 5.63. The lowest BCUT2D eigenvalue weighted by atomic mass is 10.2. The van der Waals surface area contributed by atoms with Gasteiger partial charge in [-0.1, -0.05) is 19.2 Å². The molecule has 0 aliphatic rings. The van der Waals surface area contributed by atoms with Gasteiger partial charge in [-0.2, -0.15) is 0 Å². The summed E-state index contributed by atoms with van der Waals surface area (Å²) in [5.41, 5.74) is 3.32. The summed E-state index contributed by atoms with van der Waals surface area (Å²) in [6, 6.07) is 12.5. The predicted molar refractivity (Wildman–Crippen MR) is 99.8 cm³/mol. The third-order valence-electron chi connectivity index (χ3n) is 3.36. The Balaban J connectivity index is 1.99. The molecular formula is C19H21N3O2. The number of anilines is 3. The first-order valence-electron chi connectivity index (χ1n) is 7.47. The molecule has 0 aliphatic heterocycles. The average molecular weight is 323 g/mol. The predicted octanol–water partition coefficient (Wildman–Crippen LogP) is 4.76. The van der Waals surface area contributed by atoms with Crippen LogP contribution in [0.2, 0.25) is 0 Å². The highest BCUT2D eigenvalue weighted by Crippen LogP contribution is 2.21. The van der Waals surface area contributed by atoms with E-state index in [-0.39, 0.29) is 6.03 Å². The number of rotatable bonds is 6. The molecule has 0 bridgehead atoms. The van der Waals surface area contributed by atoms with Crippen molar-refractivity contribution in [3.63, 3.8) is 0 Å². The lowest BCUT2D eigenvalue weighted by Gasteiger charge is -2.12. The smallest absolute Gasteiger partial charge is 0.323 e. The molecule has 2 rings (SSSR count). The van der Waals surface area contributed by atoms with Gasteiger partial charge in [0.15, 0.2) is 0 Å². The summed E-state index contributed by atoms with van der Waals surface area (Å²) >= 11 is 0. The Hall–Kier alpha value is -3.21. The van der Waals surface area contributed by atoms with E-state index in [1.54, 1.807) is 24.3 Å². The molecule has 0 unspecified atom stereocenters. The first-order valence-corrected chi connectivity index (χ1v) is 7.47. The van der Waals surface area contributed by atoms with Crippen LogP contribution in [0.1, 0.15) is 5.56 Å². The Labute approximate surface area is 142 Å². The minimum atomic E-state index is -0.310. The molecule has 0 heterocycles. The maximum absolute atomic E-state index is 12.1. The van der Waals surface area contributed by atoms with Gasteiger partial charge >= 0.3 is 6.03 Å². The molecule has 0 fully saturated rings. The standard InChI is InChI=1S/C19H21N3O2/c1-5-14(3)24-17-10-8-15(9-11-17)21-19(23)22-18-12-16(20-4)7-6-13(18)2/h5-12,20H,1,3H2,2,4H3,(H2,21,22,23). The molecule has 5 nitrogen and oxygen atoms in total. The van der Waals surface area contributed by atoms with Gasteiger partial charge in [0.1, 0.15) is 11.5 Å². The molecular weight excluding hydrogens is 302 g/mol. The van der Waals surface area contributed by atoms with Crippen molar-refractivity contribution in [1.29, 1.82) is 0 Å². The fourth-order valence-electron chi connectivity index (χ4n) is 2.00. The SMILES string of the molecule is C=CC(=C)Oc1ccc(NC(=O)Nc2cc(NC)ccc2C)cc1. The number of urea groups is 1. The number of hydrogen-bond acceptors (Lipinski definition) is 3. The Morgan fingerprint density at radius 3 is 2.38 bits per heavy atom. The van der Waals surface area contributed by atoms with E-state index in [1.807, 2.05) is 32.2 Å². The van der Waals surface area contributed by atoms with E-state index in [2.05, 4.69) is 29.1 Å². The zero-order valence-corrected chi connectivity index (χ0v) is 13.8. The van der Waals surface area contributed by atoms with Gasteiger partial charge in [0.05, 0.1) is 0 Å². The largest absolute Gasteiger partial charge is 0.458 e. The van der Waals surface area contributed by atoms with Crippen molar-refractivity contribution in [2.75, 3.05) is 23.0 Å². The first-order chi connectivity index (χ1) is 11.5. The number of hydrogen-bond donors (Lipinski definition) is 3. The summed E-state index contributed by atoms with van der Waals surface area (Å²) in [6.45, 7) is 9.20. The Bertz CT molecular complexity index is 752. The summed E-state index contributed by atoms with van der Waals surface area (Å²) in [6.07, 6.45) is 1.53. The molecule has 0 aromatic heterocycles. The van der Waals surface area contributed by atoms with Crippen LogP contribution in [-0.2, 0) is 0 Å². The second-order valence-electron chi connectivity index (χ2n) is 5.16. The van der Waals surface area contributed by atoms with Crippen LogP contribution in [0.4, 0.5) is 21.9 Å². The highest BCUT2D eigenvalue weighted by Gasteiger charge is 2.06. The summed E-state index contributed by atoms with van der Waals surface area (Å²) < 4.78 is 5.41. The van der Waals surface area contributed by atoms with Gasteiger partial charge in [0.2, 0.25) is 0 Å². The van der Waals surface area contributed by atoms with E-state index in [0.717, 1.165) is 16.9 Å². The van der Waals surface area contributed by atoms with Crippen LogP contribution in [0.3, 0.4) is 0 Å². The molecule has 0 saturated heterocycles. The van der Waals surface area contributed by atoms with Gasteiger partial charge in [0.25, 0.3) is 0 Å². The van der Waals surface area contributed by atoms with Gasteiger partial charge in [0, 0.05) is 24.1 Å². The number of amides is 2. The van der Waals surface area contributed by atoms with Gasteiger partial charge in [-0.15, -0.1) is 0 Å². The third kappa shape index (κ3) is 4.64. The van der Waals surface area contributed by atoms with Gasteiger partial charge in [-0.3, -0.25) is 0 Å². The van der Waals surface area contributed by atoms with Crippen LogP contribution in [0.15, 0.2) is 67.5 Å². The van der Waals surface area contributed by atoms with Crippen molar-refractivity contribution in [2.45, 2.75) is 6.92 Å². The highest BCUT2D eigenvalue weighted by molar-refractivity contribution is 6.00. The topological polar surface area (TPSA) is 62.4 Å². The summed E-state index contributed by atoms with van der Waals surface area (Å²) in [7, 11) is 1.83. The fourth-order valence-corrected chi connectivity index (χ4v) is 2.00. The molecule has 0 atom stereocenters. The quantitative estimate of drug-likeness (QED) is 0.530. The molecule has 24 heavy (non-hydrogen) atoms. The van der Waals surface area contributed by atoms with Crippen molar-refractivity contribution in [3.8, 4) is 5.75 Å². The number of nitrogens with one attached hydrogen (secondary N) is 3. The first kappa shape index (κ1) is 17.1. The maximum Gasteiger partial charge on any atom is 0.323 e. The zero-order valence-electron chi connectivity index (χ0n) is 13.8. The molecule has 0 saturated carbocycles. The van der Waals surface area contributed by atoms with E-state index in [1.165, 1.54) is 6.08 Å². The molecule has 2 aromatic carbocycles. The molecule has 0 radical (unpaired) electrons. The number of allylic oxidation sites excluding steroid dienone is 1. The van der Waals surface area contributed by atoms with E-state index in [4.69, 9.17) is 4.74 Å². The summed E-state index contributed by atoms with van der Waals surface area (Å²) in [4.78, 5) is 12.1. The lowest BCUT2D eigenvalue weighted by molar-refractivity contribution is 0.262. The highest BCUT2D eigenvalue weighted by atomic mass is 16.5. The van der Waals surface area contributed by atoms with E-state index in [9.17, 15) is 4.79 Å². The Morgan fingerprint density at radius 2 is 1.75 bits per heavy atom. The van der Waals surface area contributed by atoms with Crippen molar-refractivity contribution < 1.29 is 9.53 Å². The van der Waals surface area contributed by atoms with Crippen LogP contribution >= 0.6 is 0 Å². The number of carbonyl (C=O) groups excluding carboxylic acids is 1. The summed E-state index contributed by atoms with van der Waals surface area (Å²) in [5, 5.41) is 8.67. The van der Waals surface area contributed by atoms with Crippen LogP contribution < -0.4 is 20.7 Å². The maximum atomic E-state index is 12.1. The van der Waals surface area contributed by atoms with Crippen molar-refractivity contribution in [3.05, 3.63) is 73.0 Å². The van der Waals surface area contributed by atoms with E-state index >= 15 is 0 Å². The third-order valence-corrected chi connectivity index (χ3v) is 3.36. The number of benzene rings is 2. The number of carbonyl (C=O) groups is 1. The monoisotopic (exact) mass is 323 g/mol. The van der Waals surface area contributed by atoms with E-state index in [0.29, 0.717) is 17.2 Å². The molecule has 5 heteroatoms. The second-order valence-corrected chi connectivity index (χ2v) is 5.16. The summed E-state index contributed by atoms with van der Waals surface area (Å²) in [5.74, 6) is 1.09. The molecule has 0 aliphatic carbocycles. The van der Waals surface area contributed by atoms with Crippen LogP contribution in [0, 0.1) is 6.92 Å². The molecule has 2 aromatic rings. The normalized spacial score (nSPS) is 9.75. The van der Waals surface area contributed by atoms with Crippen molar-refractivity contribution in [1.82, 2.24) is 0 Å². The fraction of sp³-hybridized carbons (Fsp3) is 0.105. The van der Waals surface area contributed by atoms with Gasteiger partial charge in [-0.05, 0) is 55.0 Å². The van der Waals surface area contributed by atoms with Gasteiger partial charge in [-0.25, -0.2) is 4.79 Å². The molecule has 0 spiro atoms. The van der Waals surface area contributed by atoms with E-state index < -0.39 is 0 Å².